The summed E-state index contributed by atoms with van der Waals surface area (Å²) < 4.78 is 5.65. The molecule has 0 amide bonds. The third-order valence-electron chi connectivity index (χ3n) is 4.14. The summed E-state index contributed by atoms with van der Waals surface area (Å²) in [6.45, 7) is 9.49. The Bertz CT molecular complexity index is 372. The molecular formula is C18H30N2O. The molecule has 1 aliphatic heterocycles. The molecule has 0 aromatic heterocycles. The van der Waals surface area contributed by atoms with Crippen molar-refractivity contribution in [2.75, 3.05) is 37.7 Å². The first-order valence-corrected chi connectivity index (χ1v) is 8.37. The van der Waals surface area contributed by atoms with Gasteiger partial charge in [-0.1, -0.05) is 32.0 Å². The summed E-state index contributed by atoms with van der Waals surface area (Å²) in [5.74, 6) is 0.736. The number of hydrogen-bond donors (Lipinski definition) is 1. The minimum atomic E-state index is 0.652. The Morgan fingerprint density at radius 2 is 1.86 bits per heavy atom. The maximum absolute atomic E-state index is 5.65. The van der Waals surface area contributed by atoms with E-state index in [1.54, 1.807) is 0 Å². The number of para-hydroxylation sites is 1. The summed E-state index contributed by atoms with van der Waals surface area (Å²) in [7, 11) is 0. The molecule has 1 aromatic carbocycles. The first kappa shape index (κ1) is 16.3. The number of nitrogens with one attached hydrogen (secondary N) is 1. The van der Waals surface area contributed by atoms with Crippen molar-refractivity contribution < 1.29 is 4.74 Å². The van der Waals surface area contributed by atoms with Crippen molar-refractivity contribution in [2.24, 2.45) is 5.92 Å². The Balaban J connectivity index is 1.55. The molecule has 1 heterocycles. The fourth-order valence-electron chi connectivity index (χ4n) is 2.74. The number of benzene rings is 1. The Hall–Kier alpha value is -1.06. The van der Waals surface area contributed by atoms with Gasteiger partial charge in [0.2, 0.25) is 0 Å². The molecule has 0 unspecified atom stereocenters. The minimum Gasteiger partial charge on any atom is -0.380 e. The van der Waals surface area contributed by atoms with Gasteiger partial charge in [-0.2, -0.15) is 0 Å². The van der Waals surface area contributed by atoms with Gasteiger partial charge in [0.25, 0.3) is 0 Å². The molecule has 0 spiro atoms. The van der Waals surface area contributed by atoms with Crippen molar-refractivity contribution in [3.8, 4) is 0 Å². The highest BCUT2D eigenvalue weighted by atomic mass is 16.5. The molecule has 1 fully saturated rings. The Morgan fingerprint density at radius 3 is 2.52 bits per heavy atom. The third-order valence-corrected chi connectivity index (χ3v) is 4.14. The third kappa shape index (κ3) is 6.06. The summed E-state index contributed by atoms with van der Waals surface area (Å²) >= 11 is 0. The van der Waals surface area contributed by atoms with Gasteiger partial charge in [-0.05, 0) is 37.3 Å². The van der Waals surface area contributed by atoms with Crippen molar-refractivity contribution in [3.63, 3.8) is 0 Å². The Kier molecular flexibility index (Phi) is 7.04. The number of nitrogens with zero attached hydrogens (tertiary/aromatic N) is 1. The van der Waals surface area contributed by atoms with Gasteiger partial charge in [0, 0.05) is 38.0 Å². The van der Waals surface area contributed by atoms with Crippen LogP contribution >= 0.6 is 0 Å². The molecule has 1 aliphatic rings. The highest BCUT2D eigenvalue weighted by Gasteiger charge is 2.18. The molecule has 3 nitrogen and oxygen atoms in total. The summed E-state index contributed by atoms with van der Waals surface area (Å²) in [6, 6.07) is 11.4. The lowest BCUT2D eigenvalue weighted by atomic mass is 10.0. The normalized spacial score (nSPS) is 16.6. The highest BCUT2D eigenvalue weighted by Crippen LogP contribution is 2.19. The second kappa shape index (κ2) is 9.06. The standard InChI is InChI=1S/C18H30N2O/c1-16(2)10-14-21-15-11-19-17-8-12-20(13-9-17)18-6-4-3-5-7-18/h3-7,16-17,19H,8-15H2,1-2H3. The second-order valence-electron chi connectivity index (χ2n) is 6.35. The molecule has 1 saturated heterocycles. The maximum Gasteiger partial charge on any atom is 0.0591 e. The lowest BCUT2D eigenvalue weighted by Crippen LogP contribution is -2.43. The van der Waals surface area contributed by atoms with E-state index in [-0.39, 0.29) is 0 Å². The summed E-state index contributed by atoms with van der Waals surface area (Å²) in [5, 5.41) is 3.63. The molecule has 0 bridgehead atoms. The molecule has 118 valence electrons. The zero-order chi connectivity index (χ0) is 14.9. The van der Waals surface area contributed by atoms with E-state index in [0.29, 0.717) is 6.04 Å². The van der Waals surface area contributed by atoms with Crippen molar-refractivity contribution in [1.29, 1.82) is 0 Å². The average Bonchev–Trinajstić information content (AvgIpc) is 2.52. The zero-order valence-corrected chi connectivity index (χ0v) is 13.6. The maximum atomic E-state index is 5.65. The van der Waals surface area contributed by atoms with Crippen LogP contribution in [0.1, 0.15) is 33.1 Å². The van der Waals surface area contributed by atoms with Crippen molar-refractivity contribution in [1.82, 2.24) is 5.32 Å². The average molecular weight is 290 g/mol. The van der Waals surface area contributed by atoms with Gasteiger partial charge in [0.15, 0.2) is 0 Å². The number of anilines is 1. The number of rotatable bonds is 8. The van der Waals surface area contributed by atoms with Crippen LogP contribution in [0.3, 0.4) is 0 Å². The van der Waals surface area contributed by atoms with E-state index in [9.17, 15) is 0 Å². The van der Waals surface area contributed by atoms with Crippen LogP contribution in [0.4, 0.5) is 5.69 Å². The predicted molar refractivity (Wildman–Crippen MR) is 90.0 cm³/mol. The molecular weight excluding hydrogens is 260 g/mol. The lowest BCUT2D eigenvalue weighted by Gasteiger charge is -2.34. The first-order valence-electron chi connectivity index (χ1n) is 8.37. The highest BCUT2D eigenvalue weighted by molar-refractivity contribution is 5.46. The van der Waals surface area contributed by atoms with Crippen LogP contribution in [-0.4, -0.2) is 38.9 Å². The molecule has 21 heavy (non-hydrogen) atoms. The summed E-state index contributed by atoms with van der Waals surface area (Å²) in [5.41, 5.74) is 1.35. The SMILES string of the molecule is CC(C)CCOCCNC1CCN(c2ccccc2)CC1. The number of hydrogen-bond acceptors (Lipinski definition) is 3. The van der Waals surface area contributed by atoms with Gasteiger partial charge in [-0.15, -0.1) is 0 Å². The molecule has 0 atom stereocenters. The van der Waals surface area contributed by atoms with Gasteiger partial charge in [0.05, 0.1) is 6.61 Å². The van der Waals surface area contributed by atoms with Crippen LogP contribution in [0.2, 0.25) is 0 Å². The van der Waals surface area contributed by atoms with Crippen LogP contribution in [0.25, 0.3) is 0 Å². The molecule has 0 aliphatic carbocycles. The largest absolute Gasteiger partial charge is 0.380 e. The summed E-state index contributed by atoms with van der Waals surface area (Å²) in [6.07, 6.45) is 3.61. The van der Waals surface area contributed by atoms with Gasteiger partial charge in [0.1, 0.15) is 0 Å². The van der Waals surface area contributed by atoms with Crippen LogP contribution in [-0.2, 0) is 4.74 Å². The van der Waals surface area contributed by atoms with Gasteiger partial charge >= 0.3 is 0 Å². The van der Waals surface area contributed by atoms with E-state index in [2.05, 4.69) is 54.4 Å². The van der Waals surface area contributed by atoms with E-state index >= 15 is 0 Å². The molecule has 0 saturated carbocycles. The lowest BCUT2D eigenvalue weighted by molar-refractivity contribution is 0.122. The van der Waals surface area contributed by atoms with E-state index in [1.165, 1.54) is 18.5 Å². The summed E-state index contributed by atoms with van der Waals surface area (Å²) in [4.78, 5) is 2.48. The fraction of sp³-hybridized carbons (Fsp3) is 0.667. The minimum absolute atomic E-state index is 0.652. The molecule has 2 rings (SSSR count). The molecule has 1 aromatic rings. The number of ether oxygens (including phenoxy) is 1. The topological polar surface area (TPSA) is 24.5 Å². The predicted octanol–water partition coefficient (Wildman–Crippen LogP) is 3.31. The van der Waals surface area contributed by atoms with Crippen LogP contribution < -0.4 is 10.2 Å². The first-order chi connectivity index (χ1) is 10.3. The van der Waals surface area contributed by atoms with Gasteiger partial charge < -0.3 is 15.0 Å². The van der Waals surface area contributed by atoms with Crippen molar-refractivity contribution in [2.45, 2.75) is 39.2 Å². The van der Waals surface area contributed by atoms with Crippen LogP contribution in [0.15, 0.2) is 30.3 Å². The second-order valence-corrected chi connectivity index (χ2v) is 6.35. The van der Waals surface area contributed by atoms with Crippen LogP contribution in [0.5, 0.6) is 0 Å². The van der Waals surface area contributed by atoms with E-state index in [4.69, 9.17) is 4.74 Å². The Morgan fingerprint density at radius 1 is 1.14 bits per heavy atom. The number of piperidine rings is 1. The fourth-order valence-corrected chi connectivity index (χ4v) is 2.74. The Labute approximate surface area is 129 Å². The van der Waals surface area contributed by atoms with E-state index in [0.717, 1.165) is 45.2 Å². The quantitative estimate of drug-likeness (QED) is 0.743. The van der Waals surface area contributed by atoms with Crippen molar-refractivity contribution in [3.05, 3.63) is 30.3 Å². The van der Waals surface area contributed by atoms with Gasteiger partial charge in [-0.3, -0.25) is 0 Å². The molecule has 1 N–H and O–H groups in total. The molecule has 3 heteroatoms. The zero-order valence-electron chi connectivity index (χ0n) is 13.6. The van der Waals surface area contributed by atoms with Crippen molar-refractivity contribution >= 4 is 5.69 Å². The van der Waals surface area contributed by atoms with E-state index in [1.807, 2.05) is 0 Å². The van der Waals surface area contributed by atoms with E-state index < -0.39 is 0 Å². The molecule has 0 radical (unpaired) electrons. The van der Waals surface area contributed by atoms with Crippen LogP contribution in [0, 0.1) is 5.92 Å². The monoisotopic (exact) mass is 290 g/mol. The van der Waals surface area contributed by atoms with Gasteiger partial charge in [-0.25, -0.2) is 0 Å². The smallest absolute Gasteiger partial charge is 0.0591 e.